The number of methoxy groups -OCH3 is 1. The molecule has 7 heteroatoms. The number of amides is 1. The number of nitrogens with zero attached hydrogens (tertiary/aromatic N) is 3. The summed E-state index contributed by atoms with van der Waals surface area (Å²) in [7, 11) is 1.58. The zero-order chi connectivity index (χ0) is 16.4. The Bertz CT molecular complexity index is 860. The van der Waals surface area contributed by atoms with Crippen molar-refractivity contribution in [2.75, 3.05) is 12.4 Å². The lowest BCUT2D eigenvalue weighted by molar-refractivity contribution is 0.102. The van der Waals surface area contributed by atoms with Crippen LogP contribution in [0.15, 0.2) is 30.3 Å². The van der Waals surface area contributed by atoms with Crippen LogP contribution in [0, 0.1) is 0 Å². The minimum absolute atomic E-state index is 0.254. The molecule has 0 bridgehead atoms. The molecule has 2 heterocycles. The highest BCUT2D eigenvalue weighted by Gasteiger charge is 2.15. The van der Waals surface area contributed by atoms with Crippen LogP contribution >= 0.6 is 11.3 Å². The lowest BCUT2D eigenvalue weighted by Gasteiger charge is -2.05. The molecule has 2 aromatic heterocycles. The third-order valence-corrected chi connectivity index (χ3v) is 4.48. The molecule has 0 saturated carbocycles. The first kappa shape index (κ1) is 15.4. The normalized spacial score (nSPS) is 11.0. The van der Waals surface area contributed by atoms with Crippen LogP contribution in [-0.4, -0.2) is 28.2 Å². The Labute approximate surface area is 137 Å². The fraction of sp³-hybridized carbons (Fsp3) is 0.250. The van der Waals surface area contributed by atoms with Crippen LogP contribution in [0.2, 0.25) is 0 Å². The van der Waals surface area contributed by atoms with Gasteiger partial charge >= 0.3 is 0 Å². The maximum atomic E-state index is 12.2. The molecule has 1 amide bonds. The largest absolute Gasteiger partial charge is 0.481 e. The van der Waals surface area contributed by atoms with Crippen LogP contribution in [-0.2, 0) is 0 Å². The number of ether oxygens (including phenoxy) is 1. The molecule has 0 radical (unpaired) electrons. The Morgan fingerprint density at radius 3 is 2.74 bits per heavy atom. The average Bonchev–Trinajstić information content (AvgIpc) is 3.04. The summed E-state index contributed by atoms with van der Waals surface area (Å²) < 4.78 is 5.10. The summed E-state index contributed by atoms with van der Waals surface area (Å²) in [5, 5.41) is 13.0. The van der Waals surface area contributed by atoms with Gasteiger partial charge in [-0.15, -0.1) is 10.2 Å². The van der Waals surface area contributed by atoms with E-state index in [1.54, 1.807) is 19.2 Å². The first-order chi connectivity index (χ1) is 11.1. The van der Waals surface area contributed by atoms with Crippen molar-refractivity contribution in [2.24, 2.45) is 0 Å². The fourth-order valence-electron chi connectivity index (χ4n) is 2.04. The van der Waals surface area contributed by atoms with E-state index < -0.39 is 0 Å². The summed E-state index contributed by atoms with van der Waals surface area (Å²) in [6, 6.07) is 9.19. The molecule has 0 aliphatic rings. The van der Waals surface area contributed by atoms with E-state index in [-0.39, 0.29) is 11.8 Å². The monoisotopic (exact) mass is 328 g/mol. The van der Waals surface area contributed by atoms with Gasteiger partial charge in [0.15, 0.2) is 0 Å². The Morgan fingerprint density at radius 1 is 1.22 bits per heavy atom. The summed E-state index contributed by atoms with van der Waals surface area (Å²) in [4.78, 5) is 16.6. The predicted molar refractivity (Wildman–Crippen MR) is 90.2 cm³/mol. The second kappa shape index (κ2) is 6.29. The SMILES string of the molecule is COc1ccc2cc(NC(=O)c3nnc(C(C)C)s3)ccc2n1. The molecule has 118 valence electrons. The molecule has 3 aromatic rings. The highest BCUT2D eigenvalue weighted by molar-refractivity contribution is 7.13. The molecule has 1 aromatic carbocycles. The minimum Gasteiger partial charge on any atom is -0.481 e. The summed E-state index contributed by atoms with van der Waals surface area (Å²) >= 11 is 1.31. The Hall–Kier alpha value is -2.54. The molecule has 6 nitrogen and oxygen atoms in total. The molecule has 0 unspecified atom stereocenters. The molecular formula is C16H16N4O2S. The molecule has 0 aliphatic carbocycles. The zero-order valence-corrected chi connectivity index (χ0v) is 13.8. The van der Waals surface area contributed by atoms with Gasteiger partial charge in [0, 0.05) is 23.1 Å². The van der Waals surface area contributed by atoms with Crippen molar-refractivity contribution in [3.63, 3.8) is 0 Å². The topological polar surface area (TPSA) is 77.0 Å². The Balaban J connectivity index is 1.81. The van der Waals surface area contributed by atoms with Gasteiger partial charge in [0.1, 0.15) is 5.01 Å². The molecule has 0 saturated heterocycles. The van der Waals surface area contributed by atoms with Gasteiger partial charge in [-0.2, -0.15) is 0 Å². The number of fused-ring (bicyclic) bond motifs is 1. The second-order valence-electron chi connectivity index (χ2n) is 5.32. The summed E-state index contributed by atoms with van der Waals surface area (Å²) in [5.41, 5.74) is 1.50. The number of carbonyl (C=O) groups is 1. The van der Waals surface area contributed by atoms with Crippen LogP contribution in [0.4, 0.5) is 5.69 Å². The highest BCUT2D eigenvalue weighted by Crippen LogP contribution is 2.22. The first-order valence-corrected chi connectivity index (χ1v) is 7.98. The maximum Gasteiger partial charge on any atom is 0.286 e. The summed E-state index contributed by atoms with van der Waals surface area (Å²) in [6.45, 7) is 4.04. The minimum atomic E-state index is -0.254. The fourth-order valence-corrected chi connectivity index (χ4v) is 2.78. The van der Waals surface area contributed by atoms with E-state index in [0.717, 1.165) is 15.9 Å². The van der Waals surface area contributed by atoms with Crippen LogP contribution in [0.5, 0.6) is 5.88 Å². The van der Waals surface area contributed by atoms with Gasteiger partial charge in [-0.25, -0.2) is 4.98 Å². The molecule has 0 aliphatic heterocycles. The smallest absolute Gasteiger partial charge is 0.286 e. The number of aromatic nitrogens is 3. The van der Waals surface area contributed by atoms with Crippen LogP contribution < -0.4 is 10.1 Å². The average molecular weight is 328 g/mol. The van der Waals surface area contributed by atoms with Gasteiger partial charge in [0.2, 0.25) is 10.9 Å². The van der Waals surface area contributed by atoms with Gasteiger partial charge in [0.25, 0.3) is 5.91 Å². The van der Waals surface area contributed by atoms with E-state index in [9.17, 15) is 4.79 Å². The molecule has 23 heavy (non-hydrogen) atoms. The number of rotatable bonds is 4. The van der Waals surface area contributed by atoms with Crippen molar-refractivity contribution in [1.29, 1.82) is 0 Å². The van der Waals surface area contributed by atoms with Gasteiger partial charge in [0.05, 0.1) is 12.6 Å². The number of anilines is 1. The third kappa shape index (κ3) is 3.29. The van der Waals surface area contributed by atoms with Crippen molar-refractivity contribution in [2.45, 2.75) is 19.8 Å². The van der Waals surface area contributed by atoms with E-state index in [2.05, 4.69) is 20.5 Å². The molecule has 0 fully saturated rings. The third-order valence-electron chi connectivity index (χ3n) is 3.26. The number of carbonyl (C=O) groups excluding carboxylic acids is 1. The van der Waals surface area contributed by atoms with Crippen molar-refractivity contribution in [3.8, 4) is 5.88 Å². The van der Waals surface area contributed by atoms with E-state index in [0.29, 0.717) is 16.6 Å². The van der Waals surface area contributed by atoms with Crippen LogP contribution in [0.3, 0.4) is 0 Å². The molecular weight excluding hydrogens is 312 g/mol. The van der Waals surface area contributed by atoms with Crippen LogP contribution in [0.1, 0.15) is 34.6 Å². The Morgan fingerprint density at radius 2 is 2.04 bits per heavy atom. The van der Waals surface area contributed by atoms with Gasteiger partial charge in [-0.1, -0.05) is 25.2 Å². The number of hydrogen-bond acceptors (Lipinski definition) is 6. The number of hydrogen-bond donors (Lipinski definition) is 1. The lowest BCUT2D eigenvalue weighted by Crippen LogP contribution is -2.11. The van der Waals surface area contributed by atoms with Gasteiger partial charge in [-0.3, -0.25) is 4.79 Å². The van der Waals surface area contributed by atoms with E-state index in [4.69, 9.17) is 4.74 Å². The van der Waals surface area contributed by atoms with Crippen molar-refractivity contribution in [3.05, 3.63) is 40.3 Å². The van der Waals surface area contributed by atoms with Crippen molar-refractivity contribution < 1.29 is 9.53 Å². The lowest BCUT2D eigenvalue weighted by atomic mass is 10.2. The predicted octanol–water partition coefficient (Wildman–Crippen LogP) is 3.47. The molecule has 1 N–H and O–H groups in total. The molecule has 3 rings (SSSR count). The van der Waals surface area contributed by atoms with Gasteiger partial charge < -0.3 is 10.1 Å². The number of benzene rings is 1. The molecule has 0 atom stereocenters. The molecule has 0 spiro atoms. The first-order valence-electron chi connectivity index (χ1n) is 7.16. The van der Waals surface area contributed by atoms with Crippen LogP contribution in [0.25, 0.3) is 10.9 Å². The number of pyridine rings is 1. The maximum absolute atomic E-state index is 12.2. The summed E-state index contributed by atoms with van der Waals surface area (Å²) in [5.74, 6) is 0.565. The quantitative estimate of drug-likeness (QED) is 0.793. The highest BCUT2D eigenvalue weighted by atomic mass is 32.1. The summed E-state index contributed by atoms with van der Waals surface area (Å²) in [6.07, 6.45) is 0. The number of nitrogens with one attached hydrogen (secondary N) is 1. The van der Waals surface area contributed by atoms with E-state index in [1.807, 2.05) is 32.0 Å². The van der Waals surface area contributed by atoms with Gasteiger partial charge in [-0.05, 0) is 24.3 Å². The van der Waals surface area contributed by atoms with Crippen molar-refractivity contribution >= 4 is 33.8 Å². The standard InChI is InChI=1S/C16H16N4O2S/c1-9(2)15-19-20-16(23-15)14(21)17-11-5-6-12-10(8-11)4-7-13(18-12)22-3/h4-9H,1-3H3,(H,17,21). The zero-order valence-electron chi connectivity index (χ0n) is 13.0. The van der Waals surface area contributed by atoms with E-state index >= 15 is 0 Å². The van der Waals surface area contributed by atoms with E-state index in [1.165, 1.54) is 11.3 Å². The second-order valence-corrected chi connectivity index (χ2v) is 6.32. The Kier molecular flexibility index (Phi) is 4.20. The van der Waals surface area contributed by atoms with Crippen molar-refractivity contribution in [1.82, 2.24) is 15.2 Å².